The Balaban J connectivity index is 1.05. The average Bonchev–Trinajstić information content (AvgIpc) is 3.87. The lowest BCUT2D eigenvalue weighted by Crippen LogP contribution is -2.47. The molecule has 0 aliphatic heterocycles. The number of fused-ring (bicyclic) bond motifs is 8. The summed E-state index contributed by atoms with van der Waals surface area (Å²) in [5.41, 5.74) is 18.0. The highest BCUT2D eigenvalue weighted by Crippen LogP contribution is 2.66. The lowest BCUT2D eigenvalue weighted by molar-refractivity contribution is 0.424. The molecule has 302 valence electrons. The first-order valence-corrected chi connectivity index (χ1v) is 22.5. The highest BCUT2D eigenvalue weighted by Gasteiger charge is 2.58. The normalized spacial score (nSPS) is 19.0. The van der Waals surface area contributed by atoms with Gasteiger partial charge in [-0.3, -0.25) is 0 Å². The van der Waals surface area contributed by atoms with Crippen molar-refractivity contribution in [2.75, 3.05) is 4.90 Å². The fourth-order valence-corrected chi connectivity index (χ4v) is 12.1. The summed E-state index contributed by atoms with van der Waals surface area (Å²) in [5.74, 6) is 0.161. The molecule has 3 atom stereocenters. The Bertz CT molecular complexity index is 3430. The molecule has 9 aromatic carbocycles. The highest BCUT2D eigenvalue weighted by molar-refractivity contribution is 6.09. The standard InChI is InChI=1S/C62H44N2/c1-4-20-43(21-5-1)61(55-33-14-15-34-56(55)62(44-22-6-2-7-23-44)54-32-13-10-28-50(54)53-31-19-35-57(61)60(53)62)45-24-18-27-49(42-45)63(46-25-8-3-9-26-46)47-38-40-48(41-39-47)64-58-36-16-11-29-51(58)52-30-12-17-37-59(52)64/h1-20,22-43H,21H2. The van der Waals surface area contributed by atoms with E-state index in [-0.39, 0.29) is 5.92 Å². The van der Waals surface area contributed by atoms with Crippen LogP contribution in [0, 0.1) is 5.92 Å². The van der Waals surface area contributed by atoms with Crippen molar-refractivity contribution >= 4 is 38.9 Å². The van der Waals surface area contributed by atoms with Crippen LogP contribution in [0.25, 0.3) is 38.6 Å². The molecule has 0 amide bonds. The first-order chi connectivity index (χ1) is 31.8. The average molecular weight is 817 g/mol. The highest BCUT2D eigenvalue weighted by atomic mass is 15.1. The number of hydrogen-bond donors (Lipinski definition) is 0. The molecule has 0 radical (unpaired) electrons. The van der Waals surface area contributed by atoms with Gasteiger partial charge in [0, 0.05) is 33.5 Å². The van der Waals surface area contributed by atoms with Crippen LogP contribution in [-0.2, 0) is 10.8 Å². The van der Waals surface area contributed by atoms with Gasteiger partial charge in [0.25, 0.3) is 0 Å². The van der Waals surface area contributed by atoms with Gasteiger partial charge in [0.1, 0.15) is 0 Å². The number of anilines is 3. The maximum atomic E-state index is 2.49. The van der Waals surface area contributed by atoms with E-state index in [1.165, 1.54) is 71.9 Å². The molecule has 64 heavy (non-hydrogen) atoms. The van der Waals surface area contributed by atoms with E-state index < -0.39 is 10.8 Å². The van der Waals surface area contributed by atoms with Crippen molar-refractivity contribution in [3.05, 3.63) is 288 Å². The molecule has 3 unspecified atom stereocenters. The van der Waals surface area contributed by atoms with E-state index in [1.54, 1.807) is 0 Å². The second kappa shape index (κ2) is 14.3. The second-order valence-corrected chi connectivity index (χ2v) is 17.5. The van der Waals surface area contributed by atoms with E-state index in [4.69, 9.17) is 0 Å². The molecular weight excluding hydrogens is 773 g/mol. The summed E-state index contributed by atoms with van der Waals surface area (Å²) in [5, 5.41) is 2.53. The van der Waals surface area contributed by atoms with E-state index in [1.807, 2.05) is 0 Å². The predicted molar refractivity (Wildman–Crippen MR) is 265 cm³/mol. The number of para-hydroxylation sites is 3. The van der Waals surface area contributed by atoms with Gasteiger partial charge in [-0.25, -0.2) is 0 Å². The fraction of sp³-hybridized carbons (Fsp3) is 0.0645. The Morgan fingerprint density at radius 1 is 0.422 bits per heavy atom. The molecule has 1 heterocycles. The van der Waals surface area contributed by atoms with E-state index in [0.717, 1.165) is 29.2 Å². The van der Waals surface area contributed by atoms with Crippen molar-refractivity contribution < 1.29 is 0 Å². The van der Waals surface area contributed by atoms with Gasteiger partial charge in [-0.1, -0.05) is 188 Å². The summed E-state index contributed by atoms with van der Waals surface area (Å²) in [4.78, 5) is 2.43. The smallest absolute Gasteiger partial charge is 0.0719 e. The van der Waals surface area contributed by atoms with Gasteiger partial charge < -0.3 is 9.47 Å². The van der Waals surface area contributed by atoms with Gasteiger partial charge in [0.05, 0.1) is 21.9 Å². The third kappa shape index (κ3) is 5.02. The molecule has 13 rings (SSSR count). The van der Waals surface area contributed by atoms with Crippen LogP contribution in [0.1, 0.15) is 45.4 Å². The quantitative estimate of drug-likeness (QED) is 0.156. The number of nitrogens with zero attached hydrogens (tertiary/aromatic N) is 2. The lowest BCUT2D eigenvalue weighted by atomic mass is 9.49. The van der Waals surface area contributed by atoms with E-state index in [0.29, 0.717) is 0 Å². The van der Waals surface area contributed by atoms with Crippen molar-refractivity contribution in [1.29, 1.82) is 0 Å². The van der Waals surface area contributed by atoms with E-state index in [9.17, 15) is 0 Å². The largest absolute Gasteiger partial charge is 0.310 e. The Morgan fingerprint density at radius 2 is 0.984 bits per heavy atom. The van der Waals surface area contributed by atoms with Crippen LogP contribution in [0.2, 0.25) is 0 Å². The van der Waals surface area contributed by atoms with Gasteiger partial charge in [0.2, 0.25) is 0 Å². The maximum absolute atomic E-state index is 2.49. The summed E-state index contributed by atoms with van der Waals surface area (Å²) < 4.78 is 2.39. The van der Waals surface area contributed by atoms with Gasteiger partial charge in [0.15, 0.2) is 0 Å². The van der Waals surface area contributed by atoms with Gasteiger partial charge in [-0.05, 0) is 123 Å². The maximum Gasteiger partial charge on any atom is 0.0719 e. The zero-order valence-corrected chi connectivity index (χ0v) is 35.4. The summed E-state index contributed by atoms with van der Waals surface area (Å²) >= 11 is 0. The molecule has 0 bridgehead atoms. The third-order valence-electron chi connectivity index (χ3n) is 14.5. The molecule has 0 spiro atoms. The number of allylic oxidation sites excluding steroid dienone is 4. The molecule has 2 nitrogen and oxygen atoms in total. The van der Waals surface area contributed by atoms with Crippen molar-refractivity contribution in [2.24, 2.45) is 5.92 Å². The Morgan fingerprint density at radius 3 is 1.72 bits per heavy atom. The van der Waals surface area contributed by atoms with Crippen LogP contribution in [0.15, 0.2) is 249 Å². The van der Waals surface area contributed by atoms with Crippen molar-refractivity contribution in [1.82, 2.24) is 4.57 Å². The minimum atomic E-state index is -0.512. The Labute approximate surface area is 374 Å². The van der Waals surface area contributed by atoms with Gasteiger partial charge in [-0.2, -0.15) is 0 Å². The summed E-state index contributed by atoms with van der Waals surface area (Å²) in [6.07, 6.45) is 10.3. The number of hydrogen-bond acceptors (Lipinski definition) is 1. The van der Waals surface area contributed by atoms with Crippen molar-refractivity contribution in [3.8, 4) is 16.8 Å². The molecule has 2 heteroatoms. The van der Waals surface area contributed by atoms with Crippen molar-refractivity contribution in [3.63, 3.8) is 0 Å². The molecule has 0 N–H and O–H groups in total. The fourth-order valence-electron chi connectivity index (χ4n) is 12.1. The summed E-state index contributed by atoms with van der Waals surface area (Å²) in [6, 6.07) is 83.9. The minimum absolute atomic E-state index is 0.161. The van der Waals surface area contributed by atoms with Crippen LogP contribution < -0.4 is 4.90 Å². The van der Waals surface area contributed by atoms with Crippen molar-refractivity contribution in [2.45, 2.75) is 17.3 Å². The lowest BCUT2D eigenvalue weighted by Gasteiger charge is -2.52. The Kier molecular flexibility index (Phi) is 8.20. The van der Waals surface area contributed by atoms with Gasteiger partial charge in [-0.15, -0.1) is 0 Å². The van der Waals surface area contributed by atoms with Crippen LogP contribution in [0.3, 0.4) is 0 Å². The minimum Gasteiger partial charge on any atom is -0.310 e. The topological polar surface area (TPSA) is 8.17 Å². The first kappa shape index (κ1) is 36.7. The SMILES string of the molecule is C1=CCC(C2(c3cccc(N(c4ccccc4)c4ccc(-n5c6ccccc6c6ccccc65)cc4)c3)c3ccccc3C3(c4ccccc4)c4ccccc4-c4cccc2c43)C=C1. The molecule has 0 fully saturated rings. The summed E-state index contributed by atoms with van der Waals surface area (Å²) in [7, 11) is 0. The molecule has 10 aromatic rings. The second-order valence-electron chi connectivity index (χ2n) is 17.5. The van der Waals surface area contributed by atoms with Crippen LogP contribution in [0.4, 0.5) is 17.1 Å². The van der Waals surface area contributed by atoms with Crippen LogP contribution in [0.5, 0.6) is 0 Å². The van der Waals surface area contributed by atoms with E-state index >= 15 is 0 Å². The molecular formula is C62H44N2. The number of benzene rings is 9. The van der Waals surface area contributed by atoms with Gasteiger partial charge >= 0.3 is 0 Å². The molecule has 3 aliphatic carbocycles. The number of aromatic nitrogens is 1. The third-order valence-corrected chi connectivity index (χ3v) is 14.5. The molecule has 1 aromatic heterocycles. The predicted octanol–water partition coefficient (Wildman–Crippen LogP) is 15.4. The van der Waals surface area contributed by atoms with Crippen LogP contribution in [-0.4, -0.2) is 4.57 Å². The molecule has 0 saturated heterocycles. The number of rotatable bonds is 7. The Hall–Kier alpha value is -7.94. The zero-order chi connectivity index (χ0) is 42.2. The van der Waals surface area contributed by atoms with E-state index in [2.05, 4.69) is 258 Å². The zero-order valence-electron chi connectivity index (χ0n) is 35.4. The van der Waals surface area contributed by atoms with Crippen LogP contribution >= 0.6 is 0 Å². The summed E-state index contributed by atoms with van der Waals surface area (Å²) in [6.45, 7) is 0. The molecule has 3 aliphatic rings. The first-order valence-electron chi connectivity index (χ1n) is 22.5. The molecule has 0 saturated carbocycles. The monoisotopic (exact) mass is 816 g/mol.